The number of aromatic nitrogens is 1. The van der Waals surface area contributed by atoms with Crippen molar-refractivity contribution in [3.8, 4) is 22.8 Å². The molecule has 114 valence electrons. The Kier molecular flexibility index (Phi) is 5.59. The summed E-state index contributed by atoms with van der Waals surface area (Å²) < 4.78 is 11.4. The van der Waals surface area contributed by atoms with E-state index in [1.54, 1.807) is 11.3 Å². The van der Waals surface area contributed by atoms with Crippen LogP contribution in [0, 0.1) is 6.92 Å². The highest BCUT2D eigenvalue weighted by Gasteiger charge is 2.14. The molecule has 0 radical (unpaired) electrons. The molecule has 0 aliphatic rings. The number of nitrogens with zero attached hydrogens (tertiary/aromatic N) is 1. The largest absolute Gasteiger partial charge is 0.494 e. The van der Waals surface area contributed by atoms with Crippen LogP contribution in [0.25, 0.3) is 11.3 Å². The molecule has 0 spiro atoms. The molecular formula is C16H22N2O2S. The van der Waals surface area contributed by atoms with E-state index in [4.69, 9.17) is 15.2 Å². The molecule has 2 aromatic rings. The average molecular weight is 306 g/mol. The maximum atomic E-state index is 5.76. The molecule has 1 aromatic heterocycles. The highest BCUT2D eigenvalue weighted by molar-refractivity contribution is 7.09. The van der Waals surface area contributed by atoms with Crippen molar-refractivity contribution in [2.45, 2.75) is 27.2 Å². The van der Waals surface area contributed by atoms with Gasteiger partial charge in [0, 0.05) is 17.4 Å². The Hall–Kier alpha value is -1.59. The first-order valence-corrected chi connectivity index (χ1v) is 8.12. The van der Waals surface area contributed by atoms with Gasteiger partial charge >= 0.3 is 0 Å². The van der Waals surface area contributed by atoms with E-state index in [1.807, 2.05) is 38.3 Å². The van der Waals surface area contributed by atoms with Crippen LogP contribution in [0.4, 0.5) is 0 Å². The highest BCUT2D eigenvalue weighted by atomic mass is 32.1. The average Bonchev–Trinajstić information content (AvgIpc) is 2.91. The van der Waals surface area contributed by atoms with E-state index in [0.29, 0.717) is 19.8 Å². The zero-order valence-electron chi connectivity index (χ0n) is 12.8. The van der Waals surface area contributed by atoms with Crippen LogP contribution in [-0.2, 0) is 6.42 Å². The van der Waals surface area contributed by atoms with E-state index in [0.717, 1.165) is 39.7 Å². The molecule has 0 unspecified atom stereocenters. The van der Waals surface area contributed by atoms with Crippen LogP contribution in [0.2, 0.25) is 0 Å². The predicted octanol–water partition coefficient (Wildman–Crippen LogP) is 3.42. The molecule has 0 aliphatic carbocycles. The fourth-order valence-electron chi connectivity index (χ4n) is 2.12. The van der Waals surface area contributed by atoms with Crippen molar-refractivity contribution < 1.29 is 9.47 Å². The smallest absolute Gasteiger partial charge is 0.129 e. The molecule has 2 rings (SSSR count). The fraction of sp³-hybridized carbons (Fsp3) is 0.438. The maximum Gasteiger partial charge on any atom is 0.129 e. The van der Waals surface area contributed by atoms with E-state index in [9.17, 15) is 0 Å². The van der Waals surface area contributed by atoms with Crippen molar-refractivity contribution in [2.24, 2.45) is 5.73 Å². The van der Waals surface area contributed by atoms with Gasteiger partial charge in [-0.3, -0.25) is 0 Å². The Labute approximate surface area is 129 Å². The number of benzene rings is 1. The van der Waals surface area contributed by atoms with E-state index >= 15 is 0 Å². The van der Waals surface area contributed by atoms with Gasteiger partial charge in [0.25, 0.3) is 0 Å². The third-order valence-corrected chi connectivity index (χ3v) is 3.97. The molecular weight excluding hydrogens is 284 g/mol. The summed E-state index contributed by atoms with van der Waals surface area (Å²) in [5, 5.41) is 3.10. The summed E-state index contributed by atoms with van der Waals surface area (Å²) in [7, 11) is 0. The number of aryl methyl sites for hydroxylation is 1. The van der Waals surface area contributed by atoms with Crippen LogP contribution in [0.5, 0.6) is 11.5 Å². The Bertz CT molecular complexity index is 596. The molecule has 2 N–H and O–H groups in total. The summed E-state index contributed by atoms with van der Waals surface area (Å²) in [6.07, 6.45) is 0.804. The molecule has 1 aromatic carbocycles. The number of ether oxygens (including phenoxy) is 2. The van der Waals surface area contributed by atoms with Crippen molar-refractivity contribution in [3.05, 3.63) is 28.1 Å². The van der Waals surface area contributed by atoms with Gasteiger partial charge in [-0.05, 0) is 45.0 Å². The van der Waals surface area contributed by atoms with Gasteiger partial charge in [-0.1, -0.05) is 0 Å². The van der Waals surface area contributed by atoms with E-state index in [2.05, 4.69) is 4.98 Å². The standard InChI is InChI=1S/C16H22N2O2S/c1-4-19-14-9-12(15(20-5-2)8-11(14)3)13-10-21-16(18-13)6-7-17/h8-10H,4-7,17H2,1-3H3. The number of hydrogen-bond acceptors (Lipinski definition) is 5. The Morgan fingerprint density at radius 1 is 1.14 bits per heavy atom. The van der Waals surface area contributed by atoms with Crippen LogP contribution >= 0.6 is 11.3 Å². The van der Waals surface area contributed by atoms with Gasteiger partial charge in [0.1, 0.15) is 11.5 Å². The number of nitrogens with two attached hydrogens (primary N) is 1. The summed E-state index contributed by atoms with van der Waals surface area (Å²) in [5.74, 6) is 1.73. The molecule has 0 saturated heterocycles. The minimum Gasteiger partial charge on any atom is -0.494 e. The van der Waals surface area contributed by atoms with Crippen LogP contribution in [0.1, 0.15) is 24.4 Å². The molecule has 21 heavy (non-hydrogen) atoms. The molecule has 1 heterocycles. The van der Waals surface area contributed by atoms with Crippen molar-refractivity contribution in [1.29, 1.82) is 0 Å². The van der Waals surface area contributed by atoms with Gasteiger partial charge in [-0.15, -0.1) is 11.3 Å². The summed E-state index contributed by atoms with van der Waals surface area (Å²) in [4.78, 5) is 4.65. The lowest BCUT2D eigenvalue weighted by molar-refractivity contribution is 0.329. The molecule has 0 saturated carbocycles. The Balaban J connectivity index is 2.44. The van der Waals surface area contributed by atoms with Gasteiger partial charge in [0.2, 0.25) is 0 Å². The second-order valence-corrected chi connectivity index (χ2v) is 5.59. The molecule has 0 fully saturated rings. The third kappa shape index (κ3) is 3.74. The molecule has 0 aliphatic heterocycles. The second-order valence-electron chi connectivity index (χ2n) is 4.65. The number of hydrogen-bond donors (Lipinski definition) is 1. The van der Waals surface area contributed by atoms with E-state index in [-0.39, 0.29) is 0 Å². The van der Waals surface area contributed by atoms with Crippen molar-refractivity contribution >= 4 is 11.3 Å². The molecule has 5 heteroatoms. The van der Waals surface area contributed by atoms with Crippen molar-refractivity contribution in [3.63, 3.8) is 0 Å². The zero-order chi connectivity index (χ0) is 15.2. The third-order valence-electron chi connectivity index (χ3n) is 3.06. The lowest BCUT2D eigenvalue weighted by Crippen LogP contribution is -2.02. The van der Waals surface area contributed by atoms with Gasteiger partial charge < -0.3 is 15.2 Å². The lowest BCUT2D eigenvalue weighted by atomic mass is 10.1. The first kappa shape index (κ1) is 15.8. The second kappa shape index (κ2) is 7.43. The predicted molar refractivity (Wildman–Crippen MR) is 87.4 cm³/mol. The molecule has 4 nitrogen and oxygen atoms in total. The highest BCUT2D eigenvalue weighted by Crippen LogP contribution is 2.36. The summed E-state index contributed by atoms with van der Waals surface area (Å²) >= 11 is 1.63. The lowest BCUT2D eigenvalue weighted by Gasteiger charge is -2.14. The minimum atomic E-state index is 0.614. The van der Waals surface area contributed by atoms with E-state index < -0.39 is 0 Å². The first-order valence-electron chi connectivity index (χ1n) is 7.24. The van der Waals surface area contributed by atoms with Gasteiger partial charge in [0.15, 0.2) is 0 Å². The van der Waals surface area contributed by atoms with Crippen LogP contribution in [0.3, 0.4) is 0 Å². The van der Waals surface area contributed by atoms with Crippen molar-refractivity contribution in [1.82, 2.24) is 4.98 Å². The van der Waals surface area contributed by atoms with Crippen LogP contribution < -0.4 is 15.2 Å². The van der Waals surface area contributed by atoms with Crippen LogP contribution in [-0.4, -0.2) is 24.7 Å². The topological polar surface area (TPSA) is 57.4 Å². The summed E-state index contributed by atoms with van der Waals surface area (Å²) in [5.41, 5.74) is 8.56. The normalized spacial score (nSPS) is 10.7. The molecule has 0 amide bonds. The van der Waals surface area contributed by atoms with Gasteiger partial charge in [0.05, 0.1) is 23.9 Å². The number of rotatable bonds is 7. The zero-order valence-corrected chi connectivity index (χ0v) is 13.6. The summed E-state index contributed by atoms with van der Waals surface area (Å²) in [6.45, 7) is 7.87. The molecule has 0 bridgehead atoms. The van der Waals surface area contributed by atoms with Crippen LogP contribution in [0.15, 0.2) is 17.5 Å². The molecule has 0 atom stereocenters. The fourth-order valence-corrected chi connectivity index (χ4v) is 2.93. The van der Waals surface area contributed by atoms with E-state index in [1.165, 1.54) is 0 Å². The van der Waals surface area contributed by atoms with Gasteiger partial charge in [-0.25, -0.2) is 4.98 Å². The first-order chi connectivity index (χ1) is 10.2. The monoisotopic (exact) mass is 306 g/mol. The Morgan fingerprint density at radius 2 is 1.86 bits per heavy atom. The SMILES string of the molecule is CCOc1cc(-c2csc(CCN)n2)c(OCC)cc1C. The summed E-state index contributed by atoms with van der Waals surface area (Å²) in [6, 6.07) is 4.04. The minimum absolute atomic E-state index is 0.614. The van der Waals surface area contributed by atoms with Gasteiger partial charge in [-0.2, -0.15) is 0 Å². The Morgan fingerprint density at radius 3 is 2.52 bits per heavy atom. The maximum absolute atomic E-state index is 5.76. The van der Waals surface area contributed by atoms with Crippen molar-refractivity contribution in [2.75, 3.05) is 19.8 Å². The quantitative estimate of drug-likeness (QED) is 0.851. The number of thiazole rings is 1.